The Morgan fingerprint density at radius 1 is 1.25 bits per heavy atom. The van der Waals surface area contributed by atoms with Crippen molar-refractivity contribution in [3.63, 3.8) is 0 Å². The summed E-state index contributed by atoms with van der Waals surface area (Å²) >= 11 is 0. The topological polar surface area (TPSA) is 75.6 Å². The van der Waals surface area contributed by atoms with Crippen LogP contribution in [-0.2, 0) is 4.74 Å². The fourth-order valence-corrected chi connectivity index (χ4v) is 2.73. The SMILES string of the molecule is Cc1nccc(C(=O)N2CCN(C(=O)OC(C)(C)C)CC2(C)C)n1. The number of hydrogen-bond acceptors (Lipinski definition) is 5. The molecule has 1 fully saturated rings. The second-order valence-corrected chi connectivity index (χ2v) is 7.66. The first-order chi connectivity index (χ1) is 11.0. The molecule has 132 valence electrons. The molecular formula is C17H26N4O3. The van der Waals surface area contributed by atoms with Crippen LogP contribution in [0.1, 0.15) is 50.9 Å². The van der Waals surface area contributed by atoms with Crippen LogP contribution >= 0.6 is 0 Å². The van der Waals surface area contributed by atoms with Gasteiger partial charge in [0.2, 0.25) is 0 Å². The lowest BCUT2D eigenvalue weighted by Crippen LogP contribution is -2.62. The number of hydrogen-bond donors (Lipinski definition) is 0. The minimum atomic E-state index is -0.535. The van der Waals surface area contributed by atoms with E-state index >= 15 is 0 Å². The van der Waals surface area contributed by atoms with E-state index in [9.17, 15) is 9.59 Å². The summed E-state index contributed by atoms with van der Waals surface area (Å²) in [6, 6.07) is 1.62. The summed E-state index contributed by atoms with van der Waals surface area (Å²) in [5.74, 6) is 0.417. The zero-order valence-corrected chi connectivity index (χ0v) is 15.3. The van der Waals surface area contributed by atoms with Crippen molar-refractivity contribution in [1.82, 2.24) is 19.8 Å². The Kier molecular flexibility index (Phi) is 4.82. The van der Waals surface area contributed by atoms with Gasteiger partial charge in [0.05, 0.1) is 5.54 Å². The molecule has 1 aromatic rings. The van der Waals surface area contributed by atoms with Crippen LogP contribution in [-0.4, -0.2) is 62.5 Å². The molecule has 0 N–H and O–H groups in total. The van der Waals surface area contributed by atoms with Crippen LogP contribution < -0.4 is 0 Å². The van der Waals surface area contributed by atoms with Gasteiger partial charge in [-0.25, -0.2) is 14.8 Å². The molecule has 2 rings (SSSR count). The molecule has 0 radical (unpaired) electrons. The molecule has 1 aliphatic heterocycles. The largest absolute Gasteiger partial charge is 0.444 e. The summed E-state index contributed by atoms with van der Waals surface area (Å²) in [5, 5.41) is 0. The van der Waals surface area contributed by atoms with Crippen molar-refractivity contribution in [3.05, 3.63) is 23.8 Å². The molecule has 2 heterocycles. The molecule has 0 aromatic carbocycles. The highest BCUT2D eigenvalue weighted by atomic mass is 16.6. The predicted molar refractivity (Wildman–Crippen MR) is 89.7 cm³/mol. The van der Waals surface area contributed by atoms with Gasteiger partial charge in [0.15, 0.2) is 0 Å². The van der Waals surface area contributed by atoms with Gasteiger partial charge in [-0.3, -0.25) is 4.79 Å². The molecule has 24 heavy (non-hydrogen) atoms. The van der Waals surface area contributed by atoms with E-state index in [1.54, 1.807) is 29.0 Å². The fraction of sp³-hybridized carbons (Fsp3) is 0.647. The van der Waals surface area contributed by atoms with E-state index in [1.165, 1.54) is 0 Å². The van der Waals surface area contributed by atoms with Gasteiger partial charge >= 0.3 is 6.09 Å². The lowest BCUT2D eigenvalue weighted by atomic mass is 9.98. The normalized spacial score (nSPS) is 17.6. The maximum Gasteiger partial charge on any atom is 0.410 e. The van der Waals surface area contributed by atoms with E-state index in [-0.39, 0.29) is 12.0 Å². The van der Waals surface area contributed by atoms with Crippen LogP contribution in [0.25, 0.3) is 0 Å². The van der Waals surface area contributed by atoms with Gasteiger partial charge in [0, 0.05) is 25.8 Å². The molecule has 0 atom stereocenters. The maximum atomic E-state index is 12.8. The molecule has 0 saturated carbocycles. The molecule has 0 spiro atoms. The van der Waals surface area contributed by atoms with Crippen LogP contribution in [0.15, 0.2) is 12.3 Å². The molecule has 0 aliphatic carbocycles. The average molecular weight is 334 g/mol. The third-order valence-electron chi connectivity index (χ3n) is 3.79. The lowest BCUT2D eigenvalue weighted by molar-refractivity contribution is -0.0110. The van der Waals surface area contributed by atoms with Gasteiger partial charge in [-0.15, -0.1) is 0 Å². The first-order valence-corrected chi connectivity index (χ1v) is 8.09. The number of ether oxygens (including phenoxy) is 1. The molecule has 1 aromatic heterocycles. The van der Waals surface area contributed by atoms with Crippen molar-refractivity contribution in [2.45, 2.75) is 52.7 Å². The number of carbonyl (C=O) groups is 2. The Balaban J connectivity index is 2.11. The minimum Gasteiger partial charge on any atom is -0.444 e. The molecular weight excluding hydrogens is 308 g/mol. The highest BCUT2D eigenvalue weighted by molar-refractivity contribution is 5.93. The van der Waals surface area contributed by atoms with Crippen molar-refractivity contribution in [3.8, 4) is 0 Å². The van der Waals surface area contributed by atoms with Crippen molar-refractivity contribution >= 4 is 12.0 Å². The molecule has 1 saturated heterocycles. The maximum absolute atomic E-state index is 12.8. The monoisotopic (exact) mass is 334 g/mol. The molecule has 0 unspecified atom stereocenters. The summed E-state index contributed by atoms with van der Waals surface area (Å²) < 4.78 is 5.43. The first-order valence-electron chi connectivity index (χ1n) is 8.09. The third-order valence-corrected chi connectivity index (χ3v) is 3.79. The van der Waals surface area contributed by atoms with Crippen LogP contribution in [0.5, 0.6) is 0 Å². The zero-order chi connectivity index (χ0) is 18.1. The highest BCUT2D eigenvalue weighted by Gasteiger charge is 2.40. The Morgan fingerprint density at radius 2 is 1.92 bits per heavy atom. The molecule has 0 bridgehead atoms. The zero-order valence-electron chi connectivity index (χ0n) is 15.3. The smallest absolute Gasteiger partial charge is 0.410 e. The van der Waals surface area contributed by atoms with Crippen LogP contribution in [0.4, 0.5) is 4.79 Å². The number of aromatic nitrogens is 2. The van der Waals surface area contributed by atoms with Gasteiger partial charge < -0.3 is 14.5 Å². The van der Waals surface area contributed by atoms with Gasteiger partial charge in [-0.1, -0.05) is 0 Å². The molecule has 2 amide bonds. The summed E-state index contributed by atoms with van der Waals surface area (Å²) in [6.45, 7) is 12.4. The van der Waals surface area contributed by atoms with E-state index < -0.39 is 11.1 Å². The number of carbonyl (C=O) groups excluding carboxylic acids is 2. The standard InChI is InChI=1S/C17H26N4O3/c1-12-18-8-7-13(19-12)14(22)21-10-9-20(11-17(21,5)6)15(23)24-16(2,3)4/h7-8H,9-11H2,1-6H3. The third kappa shape index (κ3) is 4.21. The number of nitrogens with zero attached hydrogens (tertiary/aromatic N) is 4. The summed E-state index contributed by atoms with van der Waals surface area (Å²) in [5.41, 5.74) is -0.668. The number of aryl methyl sites for hydroxylation is 1. The highest BCUT2D eigenvalue weighted by Crippen LogP contribution is 2.24. The van der Waals surface area contributed by atoms with Crippen LogP contribution in [0.3, 0.4) is 0 Å². The Labute approximate surface area is 143 Å². The quantitative estimate of drug-likeness (QED) is 0.787. The summed E-state index contributed by atoms with van der Waals surface area (Å²) in [7, 11) is 0. The molecule has 7 heteroatoms. The van der Waals surface area contributed by atoms with Crippen molar-refractivity contribution in [1.29, 1.82) is 0 Å². The number of rotatable bonds is 1. The van der Waals surface area contributed by atoms with Crippen molar-refractivity contribution in [2.75, 3.05) is 19.6 Å². The van der Waals surface area contributed by atoms with Gasteiger partial charge in [-0.2, -0.15) is 0 Å². The lowest BCUT2D eigenvalue weighted by Gasteiger charge is -2.46. The van der Waals surface area contributed by atoms with E-state index in [2.05, 4.69) is 9.97 Å². The van der Waals surface area contributed by atoms with Crippen LogP contribution in [0, 0.1) is 6.92 Å². The molecule has 7 nitrogen and oxygen atoms in total. The van der Waals surface area contributed by atoms with E-state index in [0.717, 1.165) is 0 Å². The van der Waals surface area contributed by atoms with Gasteiger partial charge in [0.1, 0.15) is 17.1 Å². The van der Waals surface area contributed by atoms with Gasteiger partial charge in [0.25, 0.3) is 5.91 Å². The van der Waals surface area contributed by atoms with Crippen molar-refractivity contribution < 1.29 is 14.3 Å². The van der Waals surface area contributed by atoms with E-state index in [4.69, 9.17) is 4.74 Å². The Morgan fingerprint density at radius 3 is 2.46 bits per heavy atom. The molecule has 1 aliphatic rings. The Bertz CT molecular complexity index is 637. The summed E-state index contributed by atoms with van der Waals surface area (Å²) in [6.07, 6.45) is 1.24. The van der Waals surface area contributed by atoms with E-state index in [1.807, 2.05) is 34.6 Å². The fourth-order valence-electron chi connectivity index (χ4n) is 2.73. The number of piperazine rings is 1. The van der Waals surface area contributed by atoms with Gasteiger partial charge in [-0.05, 0) is 47.6 Å². The van der Waals surface area contributed by atoms with E-state index in [0.29, 0.717) is 31.2 Å². The minimum absolute atomic E-state index is 0.144. The number of amides is 2. The predicted octanol–water partition coefficient (Wildman–Crippen LogP) is 2.26. The van der Waals surface area contributed by atoms with Crippen molar-refractivity contribution in [2.24, 2.45) is 0 Å². The first kappa shape index (κ1) is 18.2. The second kappa shape index (κ2) is 6.37. The Hall–Kier alpha value is -2.18. The second-order valence-electron chi connectivity index (χ2n) is 7.66. The average Bonchev–Trinajstić information content (AvgIpc) is 2.43. The van der Waals surface area contributed by atoms with Crippen LogP contribution in [0.2, 0.25) is 0 Å². The summed E-state index contributed by atoms with van der Waals surface area (Å²) in [4.78, 5) is 36.7.